The van der Waals surface area contributed by atoms with Crippen LogP contribution in [0.1, 0.15) is 222 Å². The van der Waals surface area contributed by atoms with E-state index in [9.17, 15) is 0 Å². The van der Waals surface area contributed by atoms with E-state index >= 15 is 0 Å². The molecule has 4 heteroatoms. The van der Waals surface area contributed by atoms with Gasteiger partial charge in [0.2, 0.25) is 0 Å². The average molecular weight is 972 g/mol. The Morgan fingerprint density at radius 3 is 0.968 bits per heavy atom. The van der Waals surface area contributed by atoms with Crippen LogP contribution in [0.25, 0.3) is 34.4 Å². The monoisotopic (exact) mass is 968 g/mol. The second-order valence-corrected chi connectivity index (χ2v) is 53.7. The predicted octanol–water partition coefficient (Wildman–Crippen LogP) is 18.6. The largest absolute Gasteiger partial charge is 0.147 e. The Balaban J connectivity index is 0.00000422. The topological polar surface area (TPSA) is 0 Å². The molecule has 0 fully saturated rings. The molecule has 2 aliphatic rings. The summed E-state index contributed by atoms with van der Waals surface area (Å²) < 4.78 is 6.72. The summed E-state index contributed by atoms with van der Waals surface area (Å²) in [5.74, 6) is 3.99. The Bertz CT molecular complexity index is 2180. The van der Waals surface area contributed by atoms with Gasteiger partial charge in [0.15, 0.2) is 0 Å². The zero-order chi connectivity index (χ0) is 44.4. The van der Waals surface area contributed by atoms with Crippen molar-refractivity contribution < 1.29 is 17.4 Å². The third-order valence-electron chi connectivity index (χ3n) is 14.3. The van der Waals surface area contributed by atoms with Crippen LogP contribution in [0.2, 0.25) is 9.26 Å². The van der Waals surface area contributed by atoms with Crippen LogP contribution in [-0.4, -0.2) is 6.88 Å². The van der Waals surface area contributed by atoms with Gasteiger partial charge in [-0.2, -0.15) is 0 Å². The summed E-state index contributed by atoms with van der Waals surface area (Å²) in [6, 6.07) is 25.5. The van der Waals surface area contributed by atoms with Crippen LogP contribution in [-0.2, 0) is 17.4 Å². The van der Waals surface area contributed by atoms with E-state index in [0.717, 1.165) is 12.8 Å². The third-order valence-corrected chi connectivity index (χ3v) is 31.8. The van der Waals surface area contributed by atoms with E-state index in [1.165, 1.54) is 66.8 Å². The maximum Gasteiger partial charge on any atom is -0.147 e. The van der Waals surface area contributed by atoms with E-state index in [1.807, 2.05) is 0 Å². The average Bonchev–Trinajstić information content (AvgIpc) is 3.71. The SMILES string of the molecule is CC(C)CC1=Cc2c(ccc(C(C)C)c2-c2cc(C(C)C)cc(C(C)C)c2)[CH]1[Zr]([CH3])([CH3])(=[SiH2])[CH]1C(CC(C)C)=Cc2c1ccc(C(C)C)c2-c1cc(C(C)C)cc(C(C)C)c1.Cl.Cl. The summed E-state index contributed by atoms with van der Waals surface area (Å²) in [7, 11) is 0. The molecule has 338 valence electrons. The van der Waals surface area contributed by atoms with Gasteiger partial charge in [0.05, 0.1) is 0 Å². The molecule has 6 rings (SSSR count). The van der Waals surface area contributed by atoms with E-state index in [2.05, 4.69) is 200 Å². The maximum absolute atomic E-state index is 3.97. The summed E-state index contributed by atoms with van der Waals surface area (Å²) in [5.41, 5.74) is 24.4. The van der Waals surface area contributed by atoms with Gasteiger partial charge in [0, 0.05) is 0 Å². The minimum atomic E-state index is -3.97. The van der Waals surface area contributed by atoms with Gasteiger partial charge in [0.1, 0.15) is 0 Å². The van der Waals surface area contributed by atoms with Crippen molar-refractivity contribution in [2.24, 2.45) is 11.8 Å². The molecule has 2 atom stereocenters. The van der Waals surface area contributed by atoms with Gasteiger partial charge in [-0.3, -0.25) is 0 Å². The summed E-state index contributed by atoms with van der Waals surface area (Å²) in [6.07, 6.45) is 7.80. The molecule has 0 saturated carbocycles. The van der Waals surface area contributed by atoms with Crippen LogP contribution in [0.15, 0.2) is 71.8 Å². The van der Waals surface area contributed by atoms with Crippen molar-refractivity contribution in [2.45, 2.75) is 176 Å². The molecule has 4 aromatic carbocycles. The number of rotatable bonds is 14. The Labute approximate surface area is 395 Å². The zero-order valence-corrected chi connectivity index (χ0v) is 47.6. The van der Waals surface area contributed by atoms with Crippen LogP contribution in [0.3, 0.4) is 0 Å². The zero-order valence-electron chi connectivity index (χ0n) is 42.1. The van der Waals surface area contributed by atoms with Gasteiger partial charge in [0.25, 0.3) is 0 Å². The van der Waals surface area contributed by atoms with Crippen molar-refractivity contribution in [3.8, 4) is 22.3 Å². The molecule has 0 bridgehead atoms. The van der Waals surface area contributed by atoms with Crippen LogP contribution in [0.4, 0.5) is 0 Å². The van der Waals surface area contributed by atoms with Crippen LogP contribution < -0.4 is 0 Å². The van der Waals surface area contributed by atoms with Gasteiger partial charge in [-0.05, 0) is 0 Å². The van der Waals surface area contributed by atoms with E-state index in [4.69, 9.17) is 0 Å². The quantitative estimate of drug-likeness (QED) is 0.111. The minimum absolute atomic E-state index is 0. The Kier molecular flexibility index (Phi) is 16.9. The van der Waals surface area contributed by atoms with Gasteiger partial charge in [-0.25, -0.2) is 0 Å². The molecule has 4 aromatic rings. The summed E-state index contributed by atoms with van der Waals surface area (Å²) in [4.78, 5) is 0. The first-order chi connectivity index (χ1) is 27.9. The third kappa shape index (κ3) is 10.2. The van der Waals surface area contributed by atoms with Crippen LogP contribution in [0.5, 0.6) is 0 Å². The number of allylic oxidation sites excluding steroid dienone is 2. The molecule has 0 N–H and O–H groups in total. The number of fused-ring (bicyclic) bond motifs is 2. The van der Waals surface area contributed by atoms with Crippen LogP contribution >= 0.6 is 24.8 Å². The molecule has 0 spiro atoms. The van der Waals surface area contributed by atoms with Crippen molar-refractivity contribution in [2.75, 3.05) is 0 Å². The summed E-state index contributed by atoms with van der Waals surface area (Å²) in [5, 5.41) is 0. The second-order valence-electron chi connectivity index (χ2n) is 23.2. The second kappa shape index (κ2) is 19.9. The van der Waals surface area contributed by atoms with Gasteiger partial charge in [-0.15, -0.1) is 24.8 Å². The van der Waals surface area contributed by atoms with Gasteiger partial charge in [-0.1, -0.05) is 0 Å². The fourth-order valence-corrected chi connectivity index (χ4v) is 31.1. The fourth-order valence-electron chi connectivity index (χ4n) is 11.3. The molecule has 0 saturated heterocycles. The standard InChI is InChI=1S/2C28H37.2CH3.2ClH.H2Si.Zr/c2*1-17(2)11-21-12-22-9-10-26(20(7)8)28(27(22)13-21)25-15-23(18(3)4)14-24(16-25)19(5)6;;;;;;/h2*9-10,12-20H,11H2,1-8H3;2*1H3;2*1H;1H2;. The molecule has 2 unspecified atom stereocenters. The molecule has 62 heavy (non-hydrogen) atoms. The van der Waals surface area contributed by atoms with E-state index in [0.29, 0.717) is 54.6 Å². The molecule has 0 aromatic heterocycles. The normalized spacial score (nSPS) is 16.5. The fraction of sp³-hybridized carbons (Fsp3) is 0.517. The van der Waals surface area contributed by atoms with E-state index in [-0.39, 0.29) is 24.8 Å². The molecule has 0 heterocycles. The summed E-state index contributed by atoms with van der Waals surface area (Å²) in [6.45, 7) is 40.8. The van der Waals surface area contributed by atoms with E-state index < -0.39 is 17.4 Å². The molecule has 0 nitrogen and oxygen atoms in total. The molecule has 0 radical (unpaired) electrons. The predicted molar refractivity (Wildman–Crippen MR) is 283 cm³/mol. The molecule has 2 aliphatic carbocycles. The van der Waals surface area contributed by atoms with Crippen LogP contribution in [0, 0.1) is 11.8 Å². The Morgan fingerprint density at radius 1 is 0.435 bits per heavy atom. The van der Waals surface area contributed by atoms with E-state index in [1.54, 1.807) is 22.3 Å². The molecular weight excluding hydrogens is 887 g/mol. The molecular formula is C58H84Cl2SiZr. The molecule has 0 amide bonds. The maximum atomic E-state index is 2.88. The Hall–Kier alpha value is -1.96. The van der Waals surface area contributed by atoms with Gasteiger partial charge < -0.3 is 0 Å². The number of hydrogen-bond donors (Lipinski definition) is 0. The van der Waals surface area contributed by atoms with Gasteiger partial charge >= 0.3 is 374 Å². The first kappa shape index (κ1) is 52.7. The first-order valence-corrected chi connectivity index (χ1v) is 37.7. The van der Waals surface area contributed by atoms with Crippen molar-refractivity contribution in [3.63, 3.8) is 0 Å². The number of halogens is 2. The van der Waals surface area contributed by atoms with Crippen molar-refractivity contribution >= 4 is 43.8 Å². The smallest absolute Gasteiger partial charge is 0.147 e. The Morgan fingerprint density at radius 2 is 0.726 bits per heavy atom. The summed E-state index contributed by atoms with van der Waals surface area (Å²) >= 11 is -3.97. The molecule has 0 aliphatic heterocycles. The van der Waals surface area contributed by atoms with Crippen molar-refractivity contribution in [3.05, 3.63) is 127 Å². The minimum Gasteiger partial charge on any atom is -0.147 e. The number of hydrogen-bond acceptors (Lipinski definition) is 0. The first-order valence-electron chi connectivity index (χ1n) is 24.0. The van der Waals surface area contributed by atoms with Crippen molar-refractivity contribution in [1.82, 2.24) is 0 Å². The van der Waals surface area contributed by atoms with Crippen molar-refractivity contribution in [1.29, 1.82) is 0 Å². The number of benzene rings is 4.